The van der Waals surface area contributed by atoms with Crippen LogP contribution in [0, 0.1) is 27.9 Å². The Morgan fingerprint density at radius 2 is 1.87 bits per heavy atom. The van der Waals surface area contributed by atoms with Crippen molar-refractivity contribution in [3.8, 4) is 0 Å². The molecule has 0 aromatic rings. The molecule has 2 bridgehead atoms. The van der Waals surface area contributed by atoms with Crippen LogP contribution in [-0.2, 0) is 4.74 Å². The van der Waals surface area contributed by atoms with E-state index < -0.39 is 34.9 Å². The lowest BCUT2D eigenvalue weighted by Gasteiger charge is -2.24. The third-order valence-corrected chi connectivity index (χ3v) is 3.84. The van der Waals surface area contributed by atoms with Gasteiger partial charge in [0.15, 0.2) is 0 Å². The fourth-order valence-electron chi connectivity index (χ4n) is 3.34. The molecule has 2 saturated carbocycles. The molecular formula is C8H8F3NO3. The molecular weight excluding hydrogens is 215 g/mol. The van der Waals surface area contributed by atoms with Gasteiger partial charge in [0.2, 0.25) is 6.04 Å². The van der Waals surface area contributed by atoms with Crippen LogP contribution in [0.4, 0.5) is 13.2 Å². The van der Waals surface area contributed by atoms with Crippen LogP contribution >= 0.6 is 0 Å². The van der Waals surface area contributed by atoms with Crippen LogP contribution in [0.25, 0.3) is 0 Å². The van der Waals surface area contributed by atoms with Gasteiger partial charge < -0.3 is 4.74 Å². The Hall–Kier alpha value is -0.850. The van der Waals surface area contributed by atoms with E-state index >= 15 is 0 Å². The Balaban J connectivity index is 1.95. The summed E-state index contributed by atoms with van der Waals surface area (Å²) in [4.78, 5) is 9.89. The highest BCUT2D eigenvalue weighted by atomic mass is 19.4. The second-order valence-electron chi connectivity index (χ2n) is 4.47. The highest BCUT2D eigenvalue weighted by Gasteiger charge is 2.76. The van der Waals surface area contributed by atoms with Gasteiger partial charge in [0.25, 0.3) is 0 Å². The molecule has 15 heavy (non-hydrogen) atoms. The Labute approximate surface area is 82.5 Å². The van der Waals surface area contributed by atoms with Crippen molar-refractivity contribution < 1.29 is 22.8 Å². The third-order valence-electron chi connectivity index (χ3n) is 3.84. The smallest absolute Gasteiger partial charge is 0.369 e. The Kier molecular flexibility index (Phi) is 1.53. The minimum atomic E-state index is -4.48. The number of rotatable bonds is 1. The Morgan fingerprint density at radius 1 is 1.27 bits per heavy atom. The molecule has 6 atom stereocenters. The summed E-state index contributed by atoms with van der Waals surface area (Å²) in [5, 5.41) is 10.7. The summed E-state index contributed by atoms with van der Waals surface area (Å²) in [7, 11) is 0. The predicted molar refractivity (Wildman–Crippen MR) is 40.6 cm³/mol. The minimum Gasteiger partial charge on any atom is -0.369 e. The molecule has 7 heteroatoms. The summed E-state index contributed by atoms with van der Waals surface area (Å²) in [5.74, 6) is -3.02. The molecule has 0 aromatic carbocycles. The van der Waals surface area contributed by atoms with E-state index in [9.17, 15) is 23.3 Å². The molecule has 1 heterocycles. The zero-order valence-electron chi connectivity index (χ0n) is 7.48. The lowest BCUT2D eigenvalue weighted by molar-refractivity contribution is -0.548. The van der Waals surface area contributed by atoms with Crippen LogP contribution in [0.3, 0.4) is 0 Å². The van der Waals surface area contributed by atoms with Gasteiger partial charge in [0, 0.05) is 10.8 Å². The van der Waals surface area contributed by atoms with Crippen molar-refractivity contribution in [3.63, 3.8) is 0 Å². The minimum absolute atomic E-state index is 0.274. The molecule has 0 amide bonds. The molecule has 3 aliphatic rings. The van der Waals surface area contributed by atoms with E-state index in [2.05, 4.69) is 0 Å². The highest BCUT2D eigenvalue weighted by Crippen LogP contribution is 2.62. The fourth-order valence-corrected chi connectivity index (χ4v) is 3.34. The lowest BCUT2D eigenvalue weighted by atomic mass is 9.84. The zero-order valence-corrected chi connectivity index (χ0v) is 7.48. The summed E-state index contributed by atoms with van der Waals surface area (Å²) >= 11 is 0. The van der Waals surface area contributed by atoms with E-state index in [1.54, 1.807) is 0 Å². The van der Waals surface area contributed by atoms with Gasteiger partial charge in [0.05, 0.1) is 18.1 Å². The molecule has 84 valence electrons. The van der Waals surface area contributed by atoms with Crippen molar-refractivity contribution in [2.24, 2.45) is 17.8 Å². The molecule has 4 nitrogen and oxygen atoms in total. The molecule has 1 aliphatic heterocycles. The normalized spacial score (nSPS) is 51.7. The maximum absolute atomic E-state index is 12.7. The molecule has 1 saturated heterocycles. The van der Waals surface area contributed by atoms with Gasteiger partial charge in [-0.25, -0.2) is 0 Å². The lowest BCUT2D eigenvalue weighted by Crippen LogP contribution is -2.45. The van der Waals surface area contributed by atoms with Crippen LogP contribution in [0.15, 0.2) is 0 Å². The second kappa shape index (κ2) is 2.45. The van der Waals surface area contributed by atoms with Gasteiger partial charge in [-0.15, -0.1) is 0 Å². The first-order valence-corrected chi connectivity index (χ1v) is 4.77. The van der Waals surface area contributed by atoms with Gasteiger partial charge in [-0.2, -0.15) is 13.2 Å². The van der Waals surface area contributed by atoms with E-state index in [0.717, 1.165) is 0 Å². The predicted octanol–water partition coefficient (Wildman–Crippen LogP) is 1.23. The molecule has 6 unspecified atom stereocenters. The SMILES string of the molecule is O=[N+]([O-])C1C2CC(C3OC23)C1C(F)(F)F. The van der Waals surface area contributed by atoms with Gasteiger partial charge in [-0.05, 0) is 6.42 Å². The summed E-state index contributed by atoms with van der Waals surface area (Å²) in [6.45, 7) is 0. The maximum atomic E-state index is 12.7. The van der Waals surface area contributed by atoms with Crippen molar-refractivity contribution in [3.05, 3.63) is 10.1 Å². The van der Waals surface area contributed by atoms with E-state index in [4.69, 9.17) is 4.74 Å². The fraction of sp³-hybridized carbons (Fsp3) is 1.00. The van der Waals surface area contributed by atoms with Crippen LogP contribution in [0.1, 0.15) is 6.42 Å². The number of nitrogens with zero attached hydrogens (tertiary/aromatic N) is 1. The summed E-state index contributed by atoms with van der Waals surface area (Å²) < 4.78 is 43.0. The number of nitro groups is 1. The van der Waals surface area contributed by atoms with Crippen molar-refractivity contribution in [2.45, 2.75) is 30.8 Å². The van der Waals surface area contributed by atoms with Crippen LogP contribution in [0.2, 0.25) is 0 Å². The monoisotopic (exact) mass is 223 g/mol. The van der Waals surface area contributed by atoms with Crippen molar-refractivity contribution in [2.75, 3.05) is 0 Å². The van der Waals surface area contributed by atoms with E-state index in [1.165, 1.54) is 0 Å². The average Bonchev–Trinajstić information content (AvgIpc) is 2.69. The Morgan fingerprint density at radius 3 is 2.40 bits per heavy atom. The topological polar surface area (TPSA) is 55.7 Å². The van der Waals surface area contributed by atoms with Crippen molar-refractivity contribution in [1.29, 1.82) is 0 Å². The Bertz CT molecular complexity index is 332. The number of ether oxygens (including phenoxy) is 1. The van der Waals surface area contributed by atoms with E-state index in [0.29, 0.717) is 6.42 Å². The summed E-state index contributed by atoms with van der Waals surface area (Å²) in [5.41, 5.74) is 0. The first kappa shape index (κ1) is 9.38. The standard InChI is InChI=1S/C8H8F3NO3/c9-8(10,11)4-2-1-3(5(4)12(13)14)7-6(2)15-7/h2-7H,1H2. The molecule has 3 fully saturated rings. The zero-order chi connectivity index (χ0) is 11.0. The van der Waals surface area contributed by atoms with E-state index in [1.807, 2.05) is 0 Å². The summed E-state index contributed by atoms with van der Waals surface area (Å²) in [6.07, 6.45) is -4.82. The number of hydrogen-bond acceptors (Lipinski definition) is 3. The number of halogens is 3. The molecule has 0 spiro atoms. The maximum Gasteiger partial charge on any atom is 0.398 e. The first-order chi connectivity index (χ1) is 6.91. The molecule has 0 aromatic heterocycles. The first-order valence-electron chi connectivity index (χ1n) is 4.77. The van der Waals surface area contributed by atoms with Crippen LogP contribution in [0.5, 0.6) is 0 Å². The van der Waals surface area contributed by atoms with Gasteiger partial charge in [-0.1, -0.05) is 0 Å². The molecule has 2 aliphatic carbocycles. The van der Waals surface area contributed by atoms with Crippen molar-refractivity contribution in [1.82, 2.24) is 0 Å². The van der Waals surface area contributed by atoms with Gasteiger partial charge in [0.1, 0.15) is 5.92 Å². The molecule has 0 radical (unpaired) electrons. The largest absolute Gasteiger partial charge is 0.398 e. The van der Waals surface area contributed by atoms with Crippen molar-refractivity contribution >= 4 is 0 Å². The number of fused-ring (bicyclic) bond motifs is 5. The number of hydrogen-bond donors (Lipinski definition) is 0. The van der Waals surface area contributed by atoms with Gasteiger partial charge >= 0.3 is 6.18 Å². The number of epoxide rings is 1. The average molecular weight is 223 g/mol. The molecule has 0 N–H and O–H groups in total. The van der Waals surface area contributed by atoms with E-state index in [-0.39, 0.29) is 12.2 Å². The highest BCUT2D eigenvalue weighted by molar-refractivity contribution is 5.15. The second-order valence-corrected chi connectivity index (χ2v) is 4.47. The third kappa shape index (κ3) is 1.07. The quantitative estimate of drug-likeness (QED) is 0.381. The molecule has 3 rings (SSSR count). The van der Waals surface area contributed by atoms with Gasteiger partial charge in [-0.3, -0.25) is 10.1 Å². The van der Waals surface area contributed by atoms with Crippen LogP contribution < -0.4 is 0 Å². The van der Waals surface area contributed by atoms with Crippen LogP contribution in [-0.4, -0.2) is 29.3 Å². The number of alkyl halides is 3. The summed E-state index contributed by atoms with van der Waals surface area (Å²) in [6, 6.07) is -1.49.